The predicted molar refractivity (Wildman–Crippen MR) is 79.2 cm³/mol. The lowest BCUT2D eigenvalue weighted by atomic mass is 10.1. The Morgan fingerprint density at radius 1 is 1.21 bits per heavy atom. The van der Waals surface area contributed by atoms with Gasteiger partial charge < -0.3 is 11.1 Å². The molecule has 1 heterocycles. The summed E-state index contributed by atoms with van der Waals surface area (Å²) in [6, 6.07) is 8.78. The second kappa shape index (κ2) is 4.92. The summed E-state index contributed by atoms with van der Waals surface area (Å²) < 4.78 is 0. The van der Waals surface area contributed by atoms with Gasteiger partial charge in [0.25, 0.3) is 0 Å². The smallest absolute Gasteiger partial charge is 0.126 e. The zero-order chi connectivity index (χ0) is 13.2. The van der Waals surface area contributed by atoms with E-state index in [-0.39, 0.29) is 0 Å². The first-order valence-electron chi connectivity index (χ1n) is 6.79. The third-order valence-corrected chi connectivity index (χ3v) is 3.79. The van der Waals surface area contributed by atoms with Crippen LogP contribution < -0.4 is 11.1 Å². The maximum absolute atomic E-state index is 5.77. The van der Waals surface area contributed by atoms with Crippen molar-refractivity contribution in [2.45, 2.75) is 32.7 Å². The molecular weight excluding hydrogens is 234 g/mol. The van der Waals surface area contributed by atoms with Gasteiger partial charge in [-0.25, -0.2) is 4.98 Å². The highest BCUT2D eigenvalue weighted by Gasteiger charge is 2.10. The number of nitrogen functional groups attached to an aromatic ring is 1. The summed E-state index contributed by atoms with van der Waals surface area (Å²) in [4.78, 5) is 4.29. The minimum absolute atomic E-state index is 0.739. The Bertz CT molecular complexity index is 605. The van der Waals surface area contributed by atoms with Gasteiger partial charge in [-0.15, -0.1) is 0 Å². The molecule has 0 saturated carbocycles. The van der Waals surface area contributed by atoms with Crippen molar-refractivity contribution in [2.24, 2.45) is 0 Å². The largest absolute Gasteiger partial charge is 0.397 e. The molecule has 3 nitrogen and oxygen atoms in total. The molecule has 3 heteroatoms. The molecule has 0 radical (unpaired) electrons. The van der Waals surface area contributed by atoms with E-state index in [1.165, 1.54) is 36.0 Å². The SMILES string of the molecule is Cc1cc(NCc2ccc3c(c2)CCC3)ncc1N. The standard InChI is InChI=1S/C16H19N3/c1-11-7-16(19-10-15(11)17)18-9-12-5-6-13-3-2-4-14(13)8-12/h5-8,10H,2-4,9,17H2,1H3,(H,18,19). The van der Waals surface area contributed by atoms with Crippen LogP contribution in [0.2, 0.25) is 0 Å². The van der Waals surface area contributed by atoms with E-state index in [4.69, 9.17) is 5.73 Å². The Labute approximate surface area is 113 Å². The zero-order valence-corrected chi connectivity index (χ0v) is 11.2. The first-order chi connectivity index (χ1) is 9.22. The molecule has 0 bridgehead atoms. The first kappa shape index (κ1) is 12.0. The number of aryl methyl sites for hydroxylation is 3. The summed E-state index contributed by atoms with van der Waals surface area (Å²) in [5.41, 5.74) is 11.9. The number of fused-ring (bicyclic) bond motifs is 1. The van der Waals surface area contributed by atoms with Crippen molar-refractivity contribution in [3.63, 3.8) is 0 Å². The predicted octanol–water partition coefficient (Wildman–Crippen LogP) is 3.07. The molecule has 0 unspecified atom stereocenters. The van der Waals surface area contributed by atoms with E-state index in [2.05, 4.69) is 28.5 Å². The molecule has 0 amide bonds. The van der Waals surface area contributed by atoms with Crippen LogP contribution in [0.15, 0.2) is 30.5 Å². The number of aromatic nitrogens is 1. The molecule has 1 aromatic carbocycles. The van der Waals surface area contributed by atoms with E-state index in [1.54, 1.807) is 6.20 Å². The maximum Gasteiger partial charge on any atom is 0.126 e. The normalized spacial score (nSPS) is 13.3. The highest BCUT2D eigenvalue weighted by Crippen LogP contribution is 2.23. The highest BCUT2D eigenvalue weighted by atomic mass is 15.0. The van der Waals surface area contributed by atoms with Crippen LogP contribution in [-0.2, 0) is 19.4 Å². The Kier molecular flexibility index (Phi) is 3.11. The molecule has 0 spiro atoms. The van der Waals surface area contributed by atoms with Gasteiger partial charge in [-0.1, -0.05) is 18.2 Å². The summed E-state index contributed by atoms with van der Waals surface area (Å²) in [7, 11) is 0. The van der Waals surface area contributed by atoms with Gasteiger partial charge in [-0.05, 0) is 54.5 Å². The lowest BCUT2D eigenvalue weighted by Crippen LogP contribution is -2.03. The number of nitrogens with one attached hydrogen (secondary N) is 1. The minimum atomic E-state index is 0.739. The molecule has 3 N–H and O–H groups in total. The van der Waals surface area contributed by atoms with E-state index in [1.807, 2.05) is 13.0 Å². The quantitative estimate of drug-likeness (QED) is 0.884. The van der Waals surface area contributed by atoms with Crippen LogP contribution in [0.5, 0.6) is 0 Å². The molecule has 1 aliphatic carbocycles. The van der Waals surface area contributed by atoms with Crippen molar-refractivity contribution in [3.8, 4) is 0 Å². The molecule has 0 aliphatic heterocycles. The van der Waals surface area contributed by atoms with Crippen molar-refractivity contribution in [1.82, 2.24) is 4.98 Å². The van der Waals surface area contributed by atoms with Gasteiger partial charge >= 0.3 is 0 Å². The lowest BCUT2D eigenvalue weighted by Gasteiger charge is -2.09. The molecule has 0 atom stereocenters. The number of hydrogen-bond acceptors (Lipinski definition) is 3. The summed E-state index contributed by atoms with van der Waals surface area (Å²) in [6.45, 7) is 2.81. The number of benzene rings is 1. The summed E-state index contributed by atoms with van der Waals surface area (Å²) in [5, 5.41) is 3.35. The third-order valence-electron chi connectivity index (χ3n) is 3.79. The Morgan fingerprint density at radius 3 is 2.89 bits per heavy atom. The van der Waals surface area contributed by atoms with Gasteiger partial charge in [-0.3, -0.25) is 0 Å². The third kappa shape index (κ3) is 2.55. The fourth-order valence-electron chi connectivity index (χ4n) is 2.59. The first-order valence-corrected chi connectivity index (χ1v) is 6.79. The van der Waals surface area contributed by atoms with Gasteiger partial charge in [0.2, 0.25) is 0 Å². The Morgan fingerprint density at radius 2 is 2.05 bits per heavy atom. The van der Waals surface area contributed by atoms with E-state index >= 15 is 0 Å². The van der Waals surface area contributed by atoms with E-state index in [9.17, 15) is 0 Å². The van der Waals surface area contributed by atoms with Gasteiger partial charge in [-0.2, -0.15) is 0 Å². The molecule has 98 valence electrons. The fourth-order valence-corrected chi connectivity index (χ4v) is 2.59. The number of pyridine rings is 1. The minimum Gasteiger partial charge on any atom is -0.397 e. The topological polar surface area (TPSA) is 50.9 Å². The van der Waals surface area contributed by atoms with E-state index in [0.717, 1.165) is 23.6 Å². The molecule has 19 heavy (non-hydrogen) atoms. The average molecular weight is 253 g/mol. The van der Waals surface area contributed by atoms with Gasteiger partial charge in [0.1, 0.15) is 5.82 Å². The van der Waals surface area contributed by atoms with E-state index in [0.29, 0.717) is 0 Å². The van der Waals surface area contributed by atoms with Crippen LogP contribution in [-0.4, -0.2) is 4.98 Å². The molecular formula is C16H19N3. The average Bonchev–Trinajstić information content (AvgIpc) is 2.87. The maximum atomic E-state index is 5.77. The highest BCUT2D eigenvalue weighted by molar-refractivity contribution is 5.51. The van der Waals surface area contributed by atoms with Crippen molar-refractivity contribution in [1.29, 1.82) is 0 Å². The summed E-state index contributed by atoms with van der Waals surface area (Å²) in [6.07, 6.45) is 5.47. The second-order valence-corrected chi connectivity index (χ2v) is 5.24. The number of rotatable bonds is 3. The van der Waals surface area contributed by atoms with Crippen molar-refractivity contribution >= 4 is 11.5 Å². The van der Waals surface area contributed by atoms with Crippen LogP contribution in [0.4, 0.5) is 11.5 Å². The van der Waals surface area contributed by atoms with Crippen LogP contribution in [0.3, 0.4) is 0 Å². The summed E-state index contributed by atoms with van der Waals surface area (Å²) >= 11 is 0. The zero-order valence-electron chi connectivity index (χ0n) is 11.2. The Hall–Kier alpha value is -2.03. The number of hydrogen-bond donors (Lipinski definition) is 2. The molecule has 3 rings (SSSR count). The van der Waals surface area contributed by atoms with Gasteiger partial charge in [0, 0.05) is 6.54 Å². The molecule has 1 aliphatic rings. The van der Waals surface area contributed by atoms with Crippen LogP contribution >= 0.6 is 0 Å². The van der Waals surface area contributed by atoms with Gasteiger partial charge in [0.05, 0.1) is 11.9 Å². The monoisotopic (exact) mass is 253 g/mol. The molecule has 0 fully saturated rings. The second-order valence-electron chi connectivity index (χ2n) is 5.24. The number of anilines is 2. The fraction of sp³-hybridized carbons (Fsp3) is 0.312. The lowest BCUT2D eigenvalue weighted by molar-refractivity contribution is 0.911. The molecule has 1 aromatic heterocycles. The van der Waals surface area contributed by atoms with Crippen molar-refractivity contribution < 1.29 is 0 Å². The summed E-state index contributed by atoms with van der Waals surface area (Å²) in [5.74, 6) is 0.882. The van der Waals surface area contributed by atoms with Crippen LogP contribution in [0.25, 0.3) is 0 Å². The Balaban J connectivity index is 1.70. The van der Waals surface area contributed by atoms with Crippen LogP contribution in [0.1, 0.15) is 28.7 Å². The molecule has 2 aromatic rings. The number of nitrogens with zero attached hydrogens (tertiary/aromatic N) is 1. The van der Waals surface area contributed by atoms with E-state index < -0.39 is 0 Å². The van der Waals surface area contributed by atoms with Gasteiger partial charge in [0.15, 0.2) is 0 Å². The molecule has 0 saturated heterocycles. The van der Waals surface area contributed by atoms with Crippen molar-refractivity contribution in [3.05, 3.63) is 52.7 Å². The van der Waals surface area contributed by atoms with Crippen LogP contribution in [0, 0.1) is 6.92 Å². The number of nitrogens with two attached hydrogens (primary N) is 1. The van der Waals surface area contributed by atoms with Crippen molar-refractivity contribution in [2.75, 3.05) is 11.1 Å².